The zero-order chi connectivity index (χ0) is 13.1. The minimum atomic E-state index is -0.317. The molecule has 0 aliphatic heterocycles. The van der Waals surface area contributed by atoms with Crippen LogP contribution >= 0.6 is 22.9 Å². The fourth-order valence-corrected chi connectivity index (χ4v) is 2.98. The van der Waals surface area contributed by atoms with Gasteiger partial charge in [-0.2, -0.15) is 0 Å². The van der Waals surface area contributed by atoms with Gasteiger partial charge in [-0.05, 0) is 35.6 Å². The van der Waals surface area contributed by atoms with E-state index < -0.39 is 0 Å². The van der Waals surface area contributed by atoms with E-state index in [2.05, 4.69) is 30.6 Å². The third kappa shape index (κ3) is 3.03. The molecule has 96 valence electrons. The molecule has 1 atom stereocenters. The fraction of sp³-hybridized carbons (Fsp3) is 0.286. The van der Waals surface area contributed by atoms with Crippen LogP contribution in [-0.4, -0.2) is 0 Å². The van der Waals surface area contributed by atoms with Crippen LogP contribution in [0.1, 0.15) is 24.8 Å². The first kappa shape index (κ1) is 13.4. The highest BCUT2D eigenvalue weighted by Crippen LogP contribution is 2.32. The first-order valence-corrected chi connectivity index (χ1v) is 7.08. The van der Waals surface area contributed by atoms with Crippen LogP contribution in [0.3, 0.4) is 0 Å². The van der Waals surface area contributed by atoms with E-state index in [0.717, 1.165) is 5.69 Å². The van der Waals surface area contributed by atoms with Crippen LogP contribution in [-0.2, 0) is 0 Å². The molecule has 1 aromatic heterocycles. The Bertz CT molecular complexity index is 511. The molecule has 0 spiro atoms. The molecule has 4 heteroatoms. The molecule has 0 radical (unpaired) electrons. The maximum Gasteiger partial charge on any atom is 0.124 e. The maximum absolute atomic E-state index is 13.0. The molecule has 1 N–H and O–H groups in total. The van der Waals surface area contributed by atoms with E-state index in [1.165, 1.54) is 17.0 Å². The average molecular weight is 284 g/mol. The lowest BCUT2D eigenvalue weighted by molar-refractivity contribution is 0.553. The third-order valence-corrected chi connectivity index (χ3v) is 4.03. The summed E-state index contributed by atoms with van der Waals surface area (Å²) in [5.41, 5.74) is 0.769. The fourth-order valence-electron chi connectivity index (χ4n) is 1.81. The Kier molecular flexibility index (Phi) is 4.25. The third-order valence-electron chi connectivity index (χ3n) is 2.76. The number of anilines is 1. The molecule has 1 aromatic carbocycles. The van der Waals surface area contributed by atoms with Gasteiger partial charge in [0.15, 0.2) is 0 Å². The van der Waals surface area contributed by atoms with Crippen molar-refractivity contribution in [1.82, 2.24) is 0 Å². The molecule has 0 bridgehead atoms. The average Bonchev–Trinajstić information content (AvgIpc) is 2.80. The predicted octanol–water partition coefficient (Wildman–Crippen LogP) is 5.35. The van der Waals surface area contributed by atoms with Crippen molar-refractivity contribution in [2.75, 3.05) is 5.32 Å². The highest BCUT2D eigenvalue weighted by Gasteiger charge is 2.17. The molecule has 1 heterocycles. The molecule has 0 saturated heterocycles. The molecular weight excluding hydrogens is 269 g/mol. The zero-order valence-corrected chi connectivity index (χ0v) is 11.9. The summed E-state index contributed by atoms with van der Waals surface area (Å²) >= 11 is 7.75. The van der Waals surface area contributed by atoms with E-state index in [1.807, 2.05) is 6.07 Å². The molecular formula is C14H15ClFNS. The lowest BCUT2D eigenvalue weighted by atomic mass is 10.0. The molecule has 18 heavy (non-hydrogen) atoms. The van der Waals surface area contributed by atoms with E-state index in [9.17, 15) is 4.39 Å². The van der Waals surface area contributed by atoms with E-state index in [4.69, 9.17) is 11.6 Å². The second kappa shape index (κ2) is 5.72. The largest absolute Gasteiger partial charge is 0.376 e. The normalized spacial score (nSPS) is 12.7. The van der Waals surface area contributed by atoms with Crippen LogP contribution in [0.25, 0.3) is 0 Å². The van der Waals surface area contributed by atoms with Gasteiger partial charge in [-0.3, -0.25) is 0 Å². The molecule has 1 unspecified atom stereocenters. The van der Waals surface area contributed by atoms with Crippen LogP contribution in [0.5, 0.6) is 0 Å². The Balaban J connectivity index is 2.24. The van der Waals surface area contributed by atoms with E-state index in [-0.39, 0.29) is 11.9 Å². The monoisotopic (exact) mass is 283 g/mol. The SMILES string of the molecule is CC(C)C(Nc1ccc(F)cc1Cl)c1cccs1. The molecule has 0 aliphatic carbocycles. The Morgan fingerprint density at radius 1 is 1.28 bits per heavy atom. The Morgan fingerprint density at radius 2 is 2.06 bits per heavy atom. The van der Waals surface area contributed by atoms with E-state index in [1.54, 1.807) is 17.4 Å². The van der Waals surface area contributed by atoms with Crippen molar-refractivity contribution in [2.45, 2.75) is 19.9 Å². The summed E-state index contributed by atoms with van der Waals surface area (Å²) in [6.07, 6.45) is 0. The van der Waals surface area contributed by atoms with Gasteiger partial charge in [-0.1, -0.05) is 31.5 Å². The van der Waals surface area contributed by atoms with Gasteiger partial charge in [0.2, 0.25) is 0 Å². The van der Waals surface area contributed by atoms with Gasteiger partial charge in [-0.15, -0.1) is 11.3 Å². The van der Waals surface area contributed by atoms with Crippen molar-refractivity contribution in [3.8, 4) is 0 Å². The topological polar surface area (TPSA) is 12.0 Å². The maximum atomic E-state index is 13.0. The minimum Gasteiger partial charge on any atom is -0.376 e. The number of halogens is 2. The van der Waals surface area contributed by atoms with Crippen molar-refractivity contribution in [2.24, 2.45) is 5.92 Å². The van der Waals surface area contributed by atoms with Gasteiger partial charge < -0.3 is 5.32 Å². The molecule has 0 fully saturated rings. The lowest BCUT2D eigenvalue weighted by Gasteiger charge is -2.23. The quantitative estimate of drug-likeness (QED) is 0.797. The number of benzene rings is 1. The second-order valence-electron chi connectivity index (χ2n) is 4.51. The standard InChI is InChI=1S/C14H15ClFNS/c1-9(2)14(13-4-3-7-18-13)17-12-6-5-10(16)8-11(12)15/h3-9,14,17H,1-2H3. The van der Waals surface area contributed by atoms with Crippen molar-refractivity contribution in [3.63, 3.8) is 0 Å². The number of thiophene rings is 1. The number of nitrogens with one attached hydrogen (secondary N) is 1. The zero-order valence-electron chi connectivity index (χ0n) is 10.3. The molecule has 2 aromatic rings. The van der Waals surface area contributed by atoms with Crippen molar-refractivity contribution < 1.29 is 4.39 Å². The Labute approximate surface area is 116 Å². The lowest BCUT2D eigenvalue weighted by Crippen LogP contribution is -2.15. The highest BCUT2D eigenvalue weighted by molar-refractivity contribution is 7.10. The second-order valence-corrected chi connectivity index (χ2v) is 5.89. The highest BCUT2D eigenvalue weighted by atomic mass is 35.5. The van der Waals surface area contributed by atoms with Crippen LogP contribution in [0.2, 0.25) is 5.02 Å². The smallest absolute Gasteiger partial charge is 0.124 e. The van der Waals surface area contributed by atoms with E-state index in [0.29, 0.717) is 10.9 Å². The van der Waals surface area contributed by atoms with Crippen molar-refractivity contribution in [1.29, 1.82) is 0 Å². The molecule has 0 amide bonds. The summed E-state index contributed by atoms with van der Waals surface area (Å²) < 4.78 is 13.0. The summed E-state index contributed by atoms with van der Waals surface area (Å²) in [6, 6.07) is 8.74. The summed E-state index contributed by atoms with van der Waals surface area (Å²) in [4.78, 5) is 1.25. The first-order chi connectivity index (χ1) is 8.58. The Hall–Kier alpha value is -1.06. The predicted molar refractivity (Wildman–Crippen MR) is 76.9 cm³/mol. The van der Waals surface area contributed by atoms with E-state index >= 15 is 0 Å². The Morgan fingerprint density at radius 3 is 2.61 bits per heavy atom. The van der Waals surface area contributed by atoms with Gasteiger partial charge >= 0.3 is 0 Å². The molecule has 2 rings (SSSR count). The van der Waals surface area contributed by atoms with Gasteiger partial charge in [0.05, 0.1) is 16.8 Å². The number of hydrogen-bond acceptors (Lipinski definition) is 2. The molecule has 0 saturated carbocycles. The van der Waals surface area contributed by atoms with Gasteiger partial charge in [0, 0.05) is 4.88 Å². The minimum absolute atomic E-state index is 0.188. The number of rotatable bonds is 4. The van der Waals surface area contributed by atoms with Gasteiger partial charge in [-0.25, -0.2) is 4.39 Å². The van der Waals surface area contributed by atoms with Crippen molar-refractivity contribution in [3.05, 3.63) is 51.4 Å². The summed E-state index contributed by atoms with van der Waals surface area (Å²) in [6.45, 7) is 4.30. The van der Waals surface area contributed by atoms with Gasteiger partial charge in [0.25, 0.3) is 0 Å². The van der Waals surface area contributed by atoms with Crippen LogP contribution in [0, 0.1) is 11.7 Å². The summed E-state index contributed by atoms with van der Waals surface area (Å²) in [5, 5.41) is 5.86. The summed E-state index contributed by atoms with van der Waals surface area (Å²) in [5.74, 6) is 0.104. The van der Waals surface area contributed by atoms with Crippen LogP contribution < -0.4 is 5.32 Å². The van der Waals surface area contributed by atoms with Crippen LogP contribution in [0.4, 0.5) is 10.1 Å². The molecule has 0 aliphatic rings. The molecule has 1 nitrogen and oxygen atoms in total. The summed E-state index contributed by atoms with van der Waals surface area (Å²) in [7, 11) is 0. The van der Waals surface area contributed by atoms with Gasteiger partial charge in [0.1, 0.15) is 5.82 Å². The van der Waals surface area contributed by atoms with Crippen LogP contribution in [0.15, 0.2) is 35.7 Å². The van der Waals surface area contributed by atoms with Crippen molar-refractivity contribution >= 4 is 28.6 Å². The number of hydrogen-bond donors (Lipinski definition) is 1. The first-order valence-electron chi connectivity index (χ1n) is 5.83.